The van der Waals surface area contributed by atoms with Gasteiger partial charge in [-0.15, -0.1) is 10.2 Å². The third-order valence-electron chi connectivity index (χ3n) is 12.5. The number of tetrazole rings is 2. The molecule has 34 heteroatoms. The highest BCUT2D eigenvalue weighted by Gasteiger charge is 2.39. The average Bonchev–Trinajstić information content (AvgIpc) is 3.00. The summed E-state index contributed by atoms with van der Waals surface area (Å²) in [6.07, 6.45) is 0. The Labute approximate surface area is 476 Å². The number of hydrogen-bond acceptors (Lipinski definition) is 17. The number of nitrogens with zero attached hydrogens (tertiary/aromatic N) is 10. The molecule has 0 bridgehead atoms. The zero-order chi connectivity index (χ0) is 60.7. The van der Waals surface area contributed by atoms with Crippen molar-refractivity contribution < 1.29 is 85.3 Å². The Morgan fingerprint density at radius 1 is 0.500 bits per heavy atom. The molecule has 0 fully saturated rings. The fourth-order valence-corrected chi connectivity index (χ4v) is 14.1. The molecule has 0 saturated carbocycles. The van der Waals surface area contributed by atoms with Gasteiger partial charge < -0.3 is 19.7 Å². The van der Waals surface area contributed by atoms with Crippen LogP contribution in [0.4, 0.5) is 17.6 Å². The number of carboxylic acid groups (broad SMARTS) is 2. The van der Waals surface area contributed by atoms with Crippen LogP contribution >= 0.6 is 0 Å². The van der Waals surface area contributed by atoms with Crippen molar-refractivity contribution >= 4 is 52.0 Å². The Balaban J connectivity index is 1.12. The molecule has 84 heavy (non-hydrogen) atoms. The fraction of sp³-hybridized carbons (Fsp3) is 0.200. The second-order valence-electron chi connectivity index (χ2n) is 17.9. The van der Waals surface area contributed by atoms with Crippen LogP contribution in [0.1, 0.15) is 33.9 Å². The lowest BCUT2D eigenvalue weighted by Gasteiger charge is -2.25. The monoisotopic (exact) mass is 1240 g/mol. The lowest BCUT2D eigenvalue weighted by atomic mass is 10.1. The first-order chi connectivity index (χ1) is 39.8. The largest absolute Gasteiger partial charge is 0.497 e. The normalized spacial score (nSPS) is 12.4. The van der Waals surface area contributed by atoms with Crippen molar-refractivity contribution in [1.82, 2.24) is 53.3 Å². The average molecular weight is 1240 g/mol. The number of halogens is 4. The minimum Gasteiger partial charge on any atom is -0.497 e. The quantitative estimate of drug-likeness (QED) is 0.0423. The first kappa shape index (κ1) is 61.4. The molecular weight excluding hydrogens is 1200 g/mol. The van der Waals surface area contributed by atoms with E-state index in [-0.39, 0.29) is 47.5 Å². The van der Waals surface area contributed by atoms with E-state index in [4.69, 9.17) is 9.47 Å². The van der Waals surface area contributed by atoms with E-state index in [1.807, 2.05) is 0 Å². The number of ether oxygens (including phenoxy) is 2. The van der Waals surface area contributed by atoms with Crippen molar-refractivity contribution in [2.24, 2.45) is 0 Å². The fourth-order valence-electron chi connectivity index (χ4n) is 8.40. The molecule has 0 aliphatic rings. The van der Waals surface area contributed by atoms with Gasteiger partial charge in [-0.2, -0.15) is 22.4 Å². The molecule has 6 aromatic carbocycles. The number of nitrogens with one attached hydrogen (secondary N) is 2. The molecular formula is C50H47F4N12O14S4+. The predicted molar refractivity (Wildman–Crippen MR) is 281 cm³/mol. The van der Waals surface area contributed by atoms with Crippen LogP contribution in [0.25, 0.3) is 5.69 Å². The molecule has 0 aliphatic heterocycles. The van der Waals surface area contributed by atoms with Gasteiger partial charge in [0.05, 0.1) is 35.7 Å². The van der Waals surface area contributed by atoms with E-state index in [9.17, 15) is 62.3 Å². The third kappa shape index (κ3) is 13.6. The second-order valence-corrected chi connectivity index (χ2v) is 25.5. The van der Waals surface area contributed by atoms with Crippen LogP contribution < -0.4 is 14.3 Å². The molecule has 2 aromatic heterocycles. The van der Waals surface area contributed by atoms with Crippen molar-refractivity contribution in [2.75, 3.05) is 27.3 Å². The molecule has 0 atom stereocenters. The SMILES string of the molecule is COc1ccc(S(=O)(=O)N(Cc2nn[nH]n2)Cc2ccccc2CN(Cc2n[nH][n+](-c3ccc(F)c(S(=O)(=O)N(CC(=O)O)Cc4ccccc4CN(CC(=O)O)S(=O)(=O)c4c(F)cccc4F)c3F)n2)S(=O)(=O)c2ccc(OC)cc2)cc1. The smallest absolute Gasteiger partial charge is 0.323 e. The molecule has 4 N–H and O–H groups in total. The number of carbonyl (C=O) groups is 2. The van der Waals surface area contributed by atoms with Gasteiger partial charge in [0, 0.05) is 26.2 Å². The van der Waals surface area contributed by atoms with Crippen LogP contribution in [-0.4, -0.2) is 136 Å². The summed E-state index contributed by atoms with van der Waals surface area (Å²) in [7, 11) is -17.1. The van der Waals surface area contributed by atoms with Gasteiger partial charge in [0.25, 0.3) is 0 Å². The van der Waals surface area contributed by atoms with E-state index >= 15 is 8.78 Å². The highest BCUT2D eigenvalue weighted by Crippen LogP contribution is 2.31. The van der Waals surface area contributed by atoms with Crippen LogP contribution in [0.2, 0.25) is 0 Å². The number of benzene rings is 6. The van der Waals surface area contributed by atoms with Crippen LogP contribution in [0.5, 0.6) is 11.5 Å². The standard InChI is InChI=1S/C50H46F4N12O14S4/c1-79-36-14-18-38(19-15-36)81(71,72)62(28-44-55-59-60-56-44)24-32-8-3-4-9-33(32)25-63(82(73,74)39-20-16-37(80-2)17-21-39)29-45-57-61-66(58-45)43-23-22-42(53)50(48(43)54)84(77,78)65(31-47(69)70)27-35-11-6-5-10-34(35)26-64(30-46(67)68)83(75,76)49-40(51)12-7-13-41(49)52/h3-23H,24-31H2,1-2H3,(H3,55,56,59,60,67,68,69,70)/p+1. The first-order valence-corrected chi connectivity index (χ1v) is 29.9. The first-order valence-electron chi connectivity index (χ1n) is 24.2. The number of methoxy groups -OCH3 is 2. The zero-order valence-corrected chi connectivity index (χ0v) is 47.0. The molecule has 0 saturated heterocycles. The topological polar surface area (TPSA) is 342 Å². The van der Waals surface area contributed by atoms with Crippen molar-refractivity contribution in [3.8, 4) is 17.2 Å². The van der Waals surface area contributed by atoms with Gasteiger partial charge in [-0.05, 0) is 110 Å². The number of hydrogen-bond donors (Lipinski definition) is 4. The van der Waals surface area contributed by atoms with Gasteiger partial charge in [0.1, 0.15) is 48.6 Å². The van der Waals surface area contributed by atoms with Gasteiger partial charge in [-0.1, -0.05) is 59.8 Å². The highest BCUT2D eigenvalue weighted by atomic mass is 32.2. The maximum absolute atomic E-state index is 16.9. The van der Waals surface area contributed by atoms with E-state index in [1.165, 1.54) is 80.9 Å². The maximum Gasteiger partial charge on any atom is 0.323 e. The summed E-state index contributed by atoms with van der Waals surface area (Å²) in [6, 6.07) is 25.3. The van der Waals surface area contributed by atoms with E-state index in [0.29, 0.717) is 40.1 Å². The molecule has 0 spiro atoms. The lowest BCUT2D eigenvalue weighted by Crippen LogP contribution is -2.40. The Morgan fingerprint density at radius 3 is 1.33 bits per heavy atom. The van der Waals surface area contributed by atoms with Crippen LogP contribution in [0.3, 0.4) is 0 Å². The molecule has 26 nitrogen and oxygen atoms in total. The summed E-state index contributed by atoms with van der Waals surface area (Å²) < 4.78 is 189. The molecule has 0 radical (unpaired) electrons. The number of aliphatic carboxylic acids is 2. The van der Waals surface area contributed by atoms with Crippen molar-refractivity contribution in [1.29, 1.82) is 0 Å². The van der Waals surface area contributed by atoms with E-state index < -0.39 is 142 Å². The van der Waals surface area contributed by atoms with E-state index in [1.54, 1.807) is 18.2 Å². The van der Waals surface area contributed by atoms with Crippen molar-refractivity contribution in [3.05, 3.63) is 185 Å². The molecule has 0 amide bonds. The van der Waals surface area contributed by atoms with Gasteiger partial charge in [0.2, 0.25) is 45.8 Å². The Hall–Kier alpha value is -8.64. The lowest BCUT2D eigenvalue weighted by molar-refractivity contribution is -0.718. The molecule has 0 unspecified atom stereocenters. The summed E-state index contributed by atoms with van der Waals surface area (Å²) >= 11 is 0. The highest BCUT2D eigenvalue weighted by molar-refractivity contribution is 7.90. The Bertz CT molecular complexity index is 4170. The number of aromatic amines is 2. The summed E-state index contributed by atoms with van der Waals surface area (Å²) in [6.45, 7) is -6.94. The molecule has 8 aromatic rings. The number of carboxylic acids is 2. The van der Waals surface area contributed by atoms with Gasteiger partial charge >= 0.3 is 17.8 Å². The summed E-state index contributed by atoms with van der Waals surface area (Å²) in [5.74, 6) is -10.1. The number of H-pyrrole nitrogens is 2. The van der Waals surface area contributed by atoms with E-state index in [2.05, 4.69) is 36.0 Å². The molecule has 442 valence electrons. The van der Waals surface area contributed by atoms with Gasteiger partial charge in [0.15, 0.2) is 21.4 Å². The van der Waals surface area contributed by atoms with E-state index in [0.717, 1.165) is 32.9 Å². The molecule has 2 heterocycles. The predicted octanol–water partition coefficient (Wildman–Crippen LogP) is 3.50. The maximum atomic E-state index is 16.9. The van der Waals surface area contributed by atoms with Crippen LogP contribution in [-0.2, 0) is 89.0 Å². The molecule has 0 aliphatic carbocycles. The number of aromatic nitrogens is 8. The zero-order valence-electron chi connectivity index (χ0n) is 43.7. The number of rotatable bonds is 27. The van der Waals surface area contributed by atoms with Crippen LogP contribution in [0, 0.1) is 23.3 Å². The third-order valence-corrected chi connectivity index (χ3v) is 19.8. The molecule has 8 rings (SSSR count). The second kappa shape index (κ2) is 25.5. The van der Waals surface area contributed by atoms with Crippen molar-refractivity contribution in [3.63, 3.8) is 0 Å². The minimum absolute atomic E-state index is 0.00722. The minimum atomic E-state index is -5.64. The Morgan fingerprint density at radius 2 is 0.917 bits per heavy atom. The summed E-state index contributed by atoms with van der Waals surface area (Å²) in [4.78, 5) is 21.1. The summed E-state index contributed by atoms with van der Waals surface area (Å²) in [5.41, 5.74) is -0.769. The summed E-state index contributed by atoms with van der Waals surface area (Å²) in [5, 5.41) is 43.7. The van der Waals surface area contributed by atoms with Crippen LogP contribution in [0.15, 0.2) is 147 Å². The van der Waals surface area contributed by atoms with Gasteiger partial charge in [-0.3, -0.25) is 9.59 Å². The van der Waals surface area contributed by atoms with Crippen molar-refractivity contribution in [2.45, 2.75) is 58.9 Å². The van der Waals surface area contributed by atoms with Gasteiger partial charge in [-0.25, -0.2) is 51.2 Å². The number of sulfonamides is 4. The Kier molecular flexibility index (Phi) is 18.6.